The van der Waals surface area contributed by atoms with Crippen molar-refractivity contribution >= 4 is 58.0 Å². The van der Waals surface area contributed by atoms with Crippen molar-refractivity contribution in [3.05, 3.63) is 84.2 Å². The van der Waals surface area contributed by atoms with Crippen molar-refractivity contribution in [2.75, 3.05) is 33.4 Å². The Balaban J connectivity index is 0.000000204. The third-order valence-corrected chi connectivity index (χ3v) is 15.6. The number of alkyl carbamates (subject to hydrolysis) is 2. The Kier molecular flexibility index (Phi) is 18.2. The van der Waals surface area contributed by atoms with Gasteiger partial charge in [0.15, 0.2) is 11.4 Å². The fraction of sp³-hybridized carbons (Fsp3) is 0.559. The molecule has 0 radical (unpaired) electrons. The van der Waals surface area contributed by atoms with Gasteiger partial charge in [0.05, 0.1) is 67.7 Å². The van der Waals surface area contributed by atoms with E-state index in [1.165, 1.54) is 24.2 Å². The van der Waals surface area contributed by atoms with Gasteiger partial charge in [-0.25, -0.2) is 39.1 Å². The van der Waals surface area contributed by atoms with Crippen molar-refractivity contribution < 1.29 is 84.6 Å². The number of carbonyl (C=O) groups excluding carboxylic acids is 5. The quantitative estimate of drug-likeness (QED) is 0.0751. The monoisotopic (exact) mass is 1190 g/mol. The number of fused-ring (bicyclic) bond motifs is 10. The highest BCUT2D eigenvalue weighted by Gasteiger charge is 2.50. The fourth-order valence-corrected chi connectivity index (χ4v) is 11.3. The second kappa shape index (κ2) is 25.1. The maximum Gasteiger partial charge on any atom is 0.408 e. The minimum atomic E-state index is -3.62. The standard InChI is InChI=1S/C30H36F2N4O7.C29H34F2N4O7/c1-29(2,3)24-26(37)36-16-17(15-20(36)27(38)40-4)42-25-23(33-18-9-5-6-10-19(18)34-25)30(31,32)13-8-14-41-21-11-7-12-22(21)43-28(39)35-24;1-28(2,3)23-25(36)35-15-16(14-19(35)26(37)38)41-24-22(32-17-8-4-5-9-18(17)33-24)29(30,31)12-7-13-40-20-10-6-11-21(20)42-27(39)34-23/h5-6,8-10,13,17,20-22,24H,7,11-12,14-16H2,1-4H3,(H,35,39);4-5,7-9,12,16,19-21,23H,6,10-11,13-15H2,1-3H3,(H,34,39)(H,37,38)/b13-8+;12-7+/t17-,20+,21-,22-,24-;16-,19+,20-,21-,23-/m11/s1. The number of hydrogen-bond acceptors (Lipinski definition) is 17. The maximum atomic E-state index is 15.7. The summed E-state index contributed by atoms with van der Waals surface area (Å²) in [4.78, 5) is 98.2. The molecule has 0 spiro atoms. The molecule has 458 valence electrons. The number of rotatable bonds is 2. The van der Waals surface area contributed by atoms with Gasteiger partial charge in [-0.1, -0.05) is 78.0 Å². The molecule has 2 aromatic heterocycles. The second-order valence-corrected chi connectivity index (χ2v) is 24.0. The van der Waals surface area contributed by atoms with E-state index in [1.54, 1.807) is 90.1 Å². The third kappa shape index (κ3) is 14.2. The zero-order chi connectivity index (χ0) is 61.2. The molecule has 26 heteroatoms. The number of benzene rings is 2. The highest BCUT2D eigenvalue weighted by atomic mass is 19.3. The maximum absolute atomic E-state index is 15.7. The smallest absolute Gasteiger partial charge is 0.408 e. The van der Waals surface area contributed by atoms with E-state index in [9.17, 15) is 33.9 Å². The van der Waals surface area contributed by atoms with Crippen LogP contribution in [0.1, 0.15) is 104 Å². The highest BCUT2D eigenvalue weighted by molar-refractivity contribution is 5.92. The Labute approximate surface area is 487 Å². The molecule has 4 bridgehead atoms. The first kappa shape index (κ1) is 61.8. The molecular weight excluding hydrogens is 1120 g/mol. The lowest BCUT2D eigenvalue weighted by Crippen LogP contribution is -2.57. The predicted molar refractivity (Wildman–Crippen MR) is 294 cm³/mol. The normalized spacial score (nSPS) is 29.1. The van der Waals surface area contributed by atoms with Gasteiger partial charge in [-0.2, -0.15) is 17.6 Å². The van der Waals surface area contributed by atoms with Crippen LogP contribution < -0.4 is 20.1 Å². The molecule has 3 N–H and O–H groups in total. The molecule has 4 aliphatic heterocycles. The number of allylic oxidation sites excluding steroid dienone is 2. The molecule has 2 aliphatic carbocycles. The van der Waals surface area contributed by atoms with Gasteiger partial charge in [-0.15, -0.1) is 0 Å². The molecule has 0 unspecified atom stereocenters. The lowest BCUT2D eigenvalue weighted by atomic mass is 9.85. The molecule has 22 nitrogen and oxygen atoms in total. The molecule has 85 heavy (non-hydrogen) atoms. The van der Waals surface area contributed by atoms with E-state index >= 15 is 17.6 Å². The van der Waals surface area contributed by atoms with E-state index in [4.69, 9.17) is 33.2 Å². The second-order valence-electron chi connectivity index (χ2n) is 24.0. The van der Waals surface area contributed by atoms with Crippen LogP contribution in [0.3, 0.4) is 0 Å². The summed E-state index contributed by atoms with van der Waals surface area (Å²) in [6, 6.07) is 8.39. The number of nitrogens with one attached hydrogen (secondary N) is 2. The van der Waals surface area contributed by atoms with Crippen molar-refractivity contribution in [1.82, 2.24) is 40.4 Å². The van der Waals surface area contributed by atoms with Gasteiger partial charge in [0.2, 0.25) is 23.6 Å². The molecule has 4 aromatic rings. The Morgan fingerprint density at radius 2 is 0.965 bits per heavy atom. The number of methoxy groups -OCH3 is 1. The van der Waals surface area contributed by atoms with Crippen molar-refractivity contribution in [2.45, 2.75) is 166 Å². The topological polar surface area (TPSA) is 269 Å². The number of aromatic nitrogens is 4. The van der Waals surface area contributed by atoms with Gasteiger partial charge in [0, 0.05) is 12.8 Å². The molecule has 4 fully saturated rings. The summed E-state index contributed by atoms with van der Waals surface area (Å²) in [6.07, 6.45) is 1.22. The zero-order valence-corrected chi connectivity index (χ0v) is 48.1. The van der Waals surface area contributed by atoms with Gasteiger partial charge >= 0.3 is 36.0 Å². The number of aliphatic carboxylic acids is 1. The SMILES string of the molecule is CC(C)(C)[C@@H]1NC(=O)O[C@@H]2CCC[C@H]2OC/C=C/C(F)(F)c2nc3ccccc3nc2O[C@@H]2C[C@@H](C(=O)O)N(C2)C1=O.COC(=O)[C@@H]1C[C@@H]2CN1C(=O)[C@H](C(C)(C)C)NC(=O)O[C@@H]1CCC[C@H]1OC/C=C/C(F)(F)c1nc3ccccc3nc1O2. The zero-order valence-electron chi connectivity index (χ0n) is 48.1. The fourth-order valence-electron chi connectivity index (χ4n) is 11.3. The first-order valence-electron chi connectivity index (χ1n) is 28.3. The molecule has 2 saturated heterocycles. The van der Waals surface area contributed by atoms with Gasteiger partial charge in [0.1, 0.15) is 48.6 Å². The van der Waals surface area contributed by atoms with Crippen molar-refractivity contribution in [3.8, 4) is 11.8 Å². The molecule has 2 aromatic carbocycles. The van der Waals surface area contributed by atoms with E-state index in [1.807, 2.05) is 0 Å². The first-order chi connectivity index (χ1) is 40.2. The minimum Gasteiger partial charge on any atom is -0.480 e. The average Bonchev–Trinajstić information content (AvgIpc) is 2.36. The molecule has 6 heterocycles. The average molecular weight is 1190 g/mol. The number of nitrogens with zero attached hydrogens (tertiary/aromatic N) is 6. The minimum absolute atomic E-state index is 0.0489. The summed E-state index contributed by atoms with van der Waals surface area (Å²) in [5.74, 6) is -11.3. The molecular formula is C59H70F4N8O14. The van der Waals surface area contributed by atoms with E-state index < -0.39 is 143 Å². The lowest BCUT2D eigenvalue weighted by molar-refractivity contribution is -0.152. The van der Waals surface area contributed by atoms with Crippen LogP contribution in [-0.4, -0.2) is 165 Å². The molecule has 10 rings (SSSR count). The van der Waals surface area contributed by atoms with Crippen molar-refractivity contribution in [2.24, 2.45) is 10.8 Å². The van der Waals surface area contributed by atoms with Crippen molar-refractivity contribution in [1.29, 1.82) is 0 Å². The van der Waals surface area contributed by atoms with Crippen LogP contribution in [0.4, 0.5) is 27.2 Å². The summed E-state index contributed by atoms with van der Waals surface area (Å²) >= 11 is 0. The number of carboxylic acid groups (broad SMARTS) is 1. The summed E-state index contributed by atoms with van der Waals surface area (Å²) in [5.41, 5.74) is -1.92. The van der Waals surface area contributed by atoms with E-state index in [-0.39, 0.29) is 50.2 Å². The summed E-state index contributed by atoms with van der Waals surface area (Å²) < 4.78 is 102. The summed E-state index contributed by atoms with van der Waals surface area (Å²) in [5, 5.41) is 15.3. The van der Waals surface area contributed by atoms with Crippen LogP contribution in [0.5, 0.6) is 11.8 Å². The predicted octanol–water partition coefficient (Wildman–Crippen LogP) is 7.69. The number of amides is 4. The largest absolute Gasteiger partial charge is 0.480 e. The molecule has 10 atom stereocenters. The Bertz CT molecular complexity index is 3230. The van der Waals surface area contributed by atoms with E-state index in [0.717, 1.165) is 4.90 Å². The number of halogens is 4. The van der Waals surface area contributed by atoms with Crippen LogP contribution >= 0.6 is 0 Å². The van der Waals surface area contributed by atoms with E-state index in [2.05, 4.69) is 30.6 Å². The highest BCUT2D eigenvalue weighted by Crippen LogP contribution is 2.40. The van der Waals surface area contributed by atoms with Crippen LogP contribution in [0, 0.1) is 10.8 Å². The Hall–Kier alpha value is -7.74. The van der Waals surface area contributed by atoms with E-state index in [0.29, 0.717) is 61.7 Å². The van der Waals surface area contributed by atoms with Gasteiger partial charge < -0.3 is 58.7 Å². The van der Waals surface area contributed by atoms with Crippen LogP contribution in [0.25, 0.3) is 22.1 Å². The number of carboxylic acids is 1. The van der Waals surface area contributed by atoms with Gasteiger partial charge in [-0.3, -0.25) is 9.59 Å². The van der Waals surface area contributed by atoms with Crippen LogP contribution in [0.2, 0.25) is 0 Å². The third-order valence-electron chi connectivity index (χ3n) is 15.6. The molecule has 4 amide bonds. The summed E-state index contributed by atoms with van der Waals surface area (Å²) in [6.45, 7) is 9.81. The van der Waals surface area contributed by atoms with Crippen LogP contribution in [0.15, 0.2) is 72.8 Å². The first-order valence-corrected chi connectivity index (χ1v) is 28.3. The molecule has 2 saturated carbocycles. The number of para-hydroxylation sites is 4. The lowest BCUT2D eigenvalue weighted by Gasteiger charge is -2.35. The van der Waals surface area contributed by atoms with Gasteiger partial charge in [0.25, 0.3) is 0 Å². The molecule has 6 aliphatic rings. The summed E-state index contributed by atoms with van der Waals surface area (Å²) in [7, 11) is 1.19. The van der Waals surface area contributed by atoms with Crippen LogP contribution in [-0.2, 0) is 54.7 Å². The number of hydrogen-bond donors (Lipinski definition) is 3. The van der Waals surface area contributed by atoms with Gasteiger partial charge in [-0.05, 0) is 85.8 Å². The number of ether oxygens (including phenoxy) is 7. The number of esters is 1. The Morgan fingerprint density at radius 3 is 1.35 bits per heavy atom. The van der Waals surface area contributed by atoms with Crippen molar-refractivity contribution in [3.63, 3.8) is 0 Å². The number of alkyl halides is 4. The Morgan fingerprint density at radius 1 is 0.588 bits per heavy atom. The number of carbonyl (C=O) groups is 6.